The maximum Gasteiger partial charge on any atom is 0.0783 e. The lowest BCUT2D eigenvalue weighted by Gasteiger charge is -2.42. The lowest BCUT2D eigenvalue weighted by Crippen LogP contribution is -2.53. The summed E-state index contributed by atoms with van der Waals surface area (Å²) in [7, 11) is 0. The van der Waals surface area contributed by atoms with Crippen molar-refractivity contribution in [2.75, 3.05) is 37.7 Å². The molecule has 0 unspecified atom stereocenters. The van der Waals surface area contributed by atoms with Crippen molar-refractivity contribution in [1.82, 2.24) is 14.7 Å². The van der Waals surface area contributed by atoms with E-state index in [0.29, 0.717) is 6.04 Å². The molecule has 1 aromatic carbocycles. The summed E-state index contributed by atoms with van der Waals surface area (Å²) in [5.41, 5.74) is 3.93. The summed E-state index contributed by atoms with van der Waals surface area (Å²) in [5, 5.41) is 14.1. The van der Waals surface area contributed by atoms with Gasteiger partial charge in [-0.15, -0.1) is 0 Å². The second kappa shape index (κ2) is 9.90. The van der Waals surface area contributed by atoms with Crippen molar-refractivity contribution >= 4 is 5.69 Å². The van der Waals surface area contributed by atoms with Crippen LogP contribution >= 0.6 is 0 Å². The summed E-state index contributed by atoms with van der Waals surface area (Å²) in [4.78, 5) is 5.03. The van der Waals surface area contributed by atoms with Crippen molar-refractivity contribution in [2.24, 2.45) is 0 Å². The molecule has 1 aliphatic heterocycles. The summed E-state index contributed by atoms with van der Waals surface area (Å²) in [6.07, 6.45) is 6.25. The van der Waals surface area contributed by atoms with Crippen LogP contribution in [0.2, 0.25) is 0 Å². The number of aromatic nitrogens is 2. The maximum atomic E-state index is 9.56. The molecule has 1 fully saturated rings. The molecule has 0 radical (unpaired) electrons. The Morgan fingerprint density at radius 3 is 2.70 bits per heavy atom. The Morgan fingerprint density at radius 1 is 1.15 bits per heavy atom. The first-order valence-corrected chi connectivity index (χ1v) is 10.4. The quantitative estimate of drug-likeness (QED) is 0.737. The monoisotopic (exact) mass is 370 g/mol. The van der Waals surface area contributed by atoms with Gasteiger partial charge in [0, 0.05) is 38.8 Å². The van der Waals surface area contributed by atoms with Crippen molar-refractivity contribution in [3.63, 3.8) is 0 Å². The van der Waals surface area contributed by atoms with Gasteiger partial charge in [0.2, 0.25) is 0 Å². The molecule has 1 atom stereocenters. The zero-order valence-electron chi connectivity index (χ0n) is 16.8. The summed E-state index contributed by atoms with van der Waals surface area (Å²) < 4.78 is 2.11. The highest BCUT2D eigenvalue weighted by atomic mass is 16.3. The van der Waals surface area contributed by atoms with E-state index in [0.717, 1.165) is 52.0 Å². The van der Waals surface area contributed by atoms with Crippen molar-refractivity contribution in [3.05, 3.63) is 47.8 Å². The number of aliphatic hydroxyl groups excluding tert-OH is 1. The van der Waals surface area contributed by atoms with Gasteiger partial charge in [-0.25, -0.2) is 0 Å². The molecule has 0 bridgehead atoms. The van der Waals surface area contributed by atoms with Gasteiger partial charge in [-0.05, 0) is 44.7 Å². The minimum absolute atomic E-state index is 0.252. The summed E-state index contributed by atoms with van der Waals surface area (Å²) in [6.45, 7) is 9.75. The molecule has 0 aliphatic carbocycles. The fourth-order valence-corrected chi connectivity index (χ4v) is 4.14. The Kier molecular flexibility index (Phi) is 7.30. The van der Waals surface area contributed by atoms with Crippen LogP contribution in [0.1, 0.15) is 37.4 Å². The van der Waals surface area contributed by atoms with E-state index in [2.05, 4.69) is 63.8 Å². The van der Waals surface area contributed by atoms with Crippen LogP contribution < -0.4 is 4.90 Å². The fourth-order valence-electron chi connectivity index (χ4n) is 4.14. The zero-order chi connectivity index (χ0) is 19.1. The second-order valence-corrected chi connectivity index (χ2v) is 7.58. The van der Waals surface area contributed by atoms with E-state index in [1.54, 1.807) is 0 Å². The van der Waals surface area contributed by atoms with Crippen molar-refractivity contribution in [2.45, 2.75) is 52.1 Å². The SMILES string of the molecule is CCCn1ncc(N2CCN(CCCc3ccccc3)[C@@H](CCO)C2)c1C. The molecule has 0 saturated carbocycles. The van der Waals surface area contributed by atoms with E-state index in [-0.39, 0.29) is 6.61 Å². The smallest absolute Gasteiger partial charge is 0.0783 e. The molecule has 1 aromatic heterocycles. The van der Waals surface area contributed by atoms with E-state index >= 15 is 0 Å². The van der Waals surface area contributed by atoms with Gasteiger partial charge in [0.1, 0.15) is 0 Å². The molecular formula is C22H34N4O. The van der Waals surface area contributed by atoms with E-state index in [1.165, 1.54) is 23.4 Å². The Bertz CT molecular complexity index is 685. The predicted octanol–water partition coefficient (Wildman–Crippen LogP) is 3.11. The van der Waals surface area contributed by atoms with E-state index < -0.39 is 0 Å². The first kappa shape index (κ1) is 19.9. The first-order chi connectivity index (χ1) is 13.2. The van der Waals surface area contributed by atoms with Crippen LogP contribution in [-0.2, 0) is 13.0 Å². The minimum atomic E-state index is 0.252. The van der Waals surface area contributed by atoms with Gasteiger partial charge in [0.05, 0.1) is 17.6 Å². The molecule has 5 nitrogen and oxygen atoms in total. The number of rotatable bonds is 9. The number of nitrogens with zero attached hydrogens (tertiary/aromatic N) is 4. The average molecular weight is 371 g/mol. The van der Waals surface area contributed by atoms with Crippen LogP contribution in [0.25, 0.3) is 0 Å². The third-order valence-corrected chi connectivity index (χ3v) is 5.67. The number of hydrogen-bond donors (Lipinski definition) is 1. The number of piperazine rings is 1. The lowest BCUT2D eigenvalue weighted by atomic mass is 10.1. The van der Waals surface area contributed by atoms with Gasteiger partial charge < -0.3 is 10.0 Å². The first-order valence-electron chi connectivity index (χ1n) is 10.4. The Labute approximate surface area is 163 Å². The van der Waals surface area contributed by atoms with E-state index in [9.17, 15) is 5.11 Å². The van der Waals surface area contributed by atoms with E-state index in [4.69, 9.17) is 0 Å². The number of benzene rings is 1. The van der Waals surface area contributed by atoms with Gasteiger partial charge >= 0.3 is 0 Å². The van der Waals surface area contributed by atoms with Gasteiger partial charge in [-0.1, -0.05) is 37.3 Å². The van der Waals surface area contributed by atoms with Crippen molar-refractivity contribution in [1.29, 1.82) is 0 Å². The number of anilines is 1. The Morgan fingerprint density at radius 2 is 1.96 bits per heavy atom. The average Bonchev–Trinajstić information content (AvgIpc) is 3.05. The van der Waals surface area contributed by atoms with Gasteiger partial charge in [0.15, 0.2) is 0 Å². The van der Waals surface area contributed by atoms with E-state index in [1.807, 2.05) is 6.20 Å². The van der Waals surface area contributed by atoms with Crippen molar-refractivity contribution in [3.8, 4) is 0 Å². The molecule has 0 spiro atoms. The van der Waals surface area contributed by atoms with Crippen LogP contribution in [0.3, 0.4) is 0 Å². The molecule has 148 valence electrons. The number of hydrogen-bond acceptors (Lipinski definition) is 4. The molecule has 0 amide bonds. The van der Waals surface area contributed by atoms with Gasteiger partial charge in [-0.3, -0.25) is 9.58 Å². The zero-order valence-corrected chi connectivity index (χ0v) is 16.8. The number of aryl methyl sites for hydroxylation is 2. The highest BCUT2D eigenvalue weighted by Gasteiger charge is 2.28. The molecule has 27 heavy (non-hydrogen) atoms. The summed E-state index contributed by atoms with van der Waals surface area (Å²) in [6, 6.07) is 11.1. The third-order valence-electron chi connectivity index (χ3n) is 5.67. The summed E-state index contributed by atoms with van der Waals surface area (Å²) >= 11 is 0. The second-order valence-electron chi connectivity index (χ2n) is 7.58. The third kappa shape index (κ3) is 5.11. The van der Waals surface area contributed by atoms with Crippen molar-refractivity contribution < 1.29 is 5.11 Å². The predicted molar refractivity (Wildman–Crippen MR) is 111 cm³/mol. The molecule has 1 aliphatic rings. The fraction of sp³-hybridized carbons (Fsp3) is 0.591. The van der Waals surface area contributed by atoms with Gasteiger partial charge in [-0.2, -0.15) is 5.10 Å². The van der Waals surface area contributed by atoms with Crippen LogP contribution in [0, 0.1) is 6.92 Å². The summed E-state index contributed by atoms with van der Waals surface area (Å²) in [5.74, 6) is 0. The normalized spacial score (nSPS) is 18.2. The standard InChI is InChI=1S/C22H34N4O/c1-3-12-26-19(2)22(17-23-26)25-15-14-24(21(18-25)11-16-27)13-7-10-20-8-5-4-6-9-20/h4-6,8-9,17,21,27H,3,7,10-16,18H2,1-2H3/t21-/m0/s1. The Balaban J connectivity index is 1.58. The van der Waals surface area contributed by atoms with Crippen LogP contribution in [0.5, 0.6) is 0 Å². The van der Waals surface area contributed by atoms with Crippen LogP contribution in [0.4, 0.5) is 5.69 Å². The molecule has 1 saturated heterocycles. The minimum Gasteiger partial charge on any atom is -0.396 e. The van der Waals surface area contributed by atoms with Gasteiger partial charge in [0.25, 0.3) is 0 Å². The molecule has 5 heteroatoms. The molecule has 3 rings (SSSR count). The highest BCUT2D eigenvalue weighted by Crippen LogP contribution is 2.24. The lowest BCUT2D eigenvalue weighted by molar-refractivity contribution is 0.141. The topological polar surface area (TPSA) is 44.5 Å². The number of aliphatic hydroxyl groups is 1. The molecular weight excluding hydrogens is 336 g/mol. The maximum absolute atomic E-state index is 9.56. The molecule has 2 aromatic rings. The molecule has 1 N–H and O–H groups in total. The van der Waals surface area contributed by atoms with Crippen LogP contribution in [0.15, 0.2) is 36.5 Å². The van der Waals surface area contributed by atoms with Crippen LogP contribution in [-0.4, -0.2) is 58.6 Å². The Hall–Kier alpha value is -1.85. The highest BCUT2D eigenvalue weighted by molar-refractivity contribution is 5.49. The largest absolute Gasteiger partial charge is 0.396 e. The molecule has 2 heterocycles.